The number of aromatic nitrogens is 2. The normalized spacial score (nSPS) is 12.2. The van der Waals surface area contributed by atoms with E-state index in [4.69, 9.17) is 16.2 Å². The maximum Gasteiger partial charge on any atom is 0.234 e. The van der Waals surface area contributed by atoms with Crippen molar-refractivity contribution in [2.45, 2.75) is 25.8 Å². The minimum absolute atomic E-state index is 0.351. The minimum Gasteiger partial charge on any atom is -0.368 e. The lowest BCUT2D eigenvalue weighted by Gasteiger charge is -2.11. The van der Waals surface area contributed by atoms with E-state index in [0.29, 0.717) is 19.8 Å². The third-order valence-corrected chi connectivity index (χ3v) is 2.93. The van der Waals surface area contributed by atoms with Gasteiger partial charge in [-0.05, 0) is 5.56 Å². The summed E-state index contributed by atoms with van der Waals surface area (Å²) in [5.41, 5.74) is 12.7. The number of hydrogen-bond acceptors (Lipinski definition) is 4. The summed E-state index contributed by atoms with van der Waals surface area (Å²) in [4.78, 5) is 15.0. The number of primary amides is 1. The molecular weight excluding hydrogens is 256 g/mol. The monoisotopic (exact) mass is 274 g/mol. The van der Waals surface area contributed by atoms with Crippen molar-refractivity contribution in [3.05, 3.63) is 54.1 Å². The van der Waals surface area contributed by atoms with Gasteiger partial charge in [-0.15, -0.1) is 0 Å². The first kappa shape index (κ1) is 14.2. The van der Waals surface area contributed by atoms with Gasteiger partial charge in [0.1, 0.15) is 6.73 Å². The quantitative estimate of drug-likeness (QED) is 0.764. The zero-order chi connectivity index (χ0) is 14.4. The first-order valence-electron chi connectivity index (χ1n) is 6.32. The van der Waals surface area contributed by atoms with Gasteiger partial charge < -0.3 is 20.8 Å². The summed E-state index contributed by atoms with van der Waals surface area (Å²) in [5.74, 6) is -0.525. The molecule has 6 nitrogen and oxygen atoms in total. The van der Waals surface area contributed by atoms with Crippen LogP contribution in [0, 0.1) is 0 Å². The molecule has 0 radical (unpaired) electrons. The first-order valence-corrected chi connectivity index (χ1v) is 6.32. The van der Waals surface area contributed by atoms with Crippen LogP contribution in [0.3, 0.4) is 0 Å². The van der Waals surface area contributed by atoms with Gasteiger partial charge in [-0.2, -0.15) is 0 Å². The fourth-order valence-electron chi connectivity index (χ4n) is 1.80. The average molecular weight is 274 g/mol. The molecule has 0 saturated carbocycles. The number of imidazole rings is 1. The number of nitrogens with two attached hydrogens (primary N) is 2. The second-order valence-corrected chi connectivity index (χ2v) is 4.53. The second kappa shape index (κ2) is 6.83. The number of nitrogens with zero attached hydrogens (tertiary/aromatic N) is 2. The lowest BCUT2D eigenvalue weighted by atomic mass is 10.2. The zero-order valence-electron chi connectivity index (χ0n) is 11.1. The highest BCUT2D eigenvalue weighted by Crippen LogP contribution is 2.05. The highest BCUT2D eigenvalue weighted by atomic mass is 16.5. The zero-order valence-corrected chi connectivity index (χ0v) is 11.1. The van der Waals surface area contributed by atoms with Gasteiger partial charge in [-0.25, -0.2) is 4.98 Å². The predicted molar refractivity (Wildman–Crippen MR) is 74.3 cm³/mol. The van der Waals surface area contributed by atoms with Crippen molar-refractivity contribution in [3.8, 4) is 0 Å². The number of carbonyl (C=O) groups is 1. The van der Waals surface area contributed by atoms with Crippen LogP contribution in [0.5, 0.6) is 0 Å². The van der Waals surface area contributed by atoms with Crippen LogP contribution in [-0.2, 0) is 29.3 Å². The van der Waals surface area contributed by atoms with E-state index in [0.717, 1.165) is 11.3 Å². The summed E-state index contributed by atoms with van der Waals surface area (Å²) in [7, 11) is 0. The Morgan fingerprint density at radius 2 is 2.10 bits per heavy atom. The molecule has 0 spiro atoms. The minimum atomic E-state index is -0.709. The first-order chi connectivity index (χ1) is 9.66. The van der Waals surface area contributed by atoms with E-state index in [1.807, 2.05) is 34.9 Å². The van der Waals surface area contributed by atoms with E-state index >= 15 is 0 Å². The molecule has 1 amide bonds. The maximum atomic E-state index is 11.0. The van der Waals surface area contributed by atoms with Crippen LogP contribution in [-0.4, -0.2) is 21.5 Å². The van der Waals surface area contributed by atoms with Crippen molar-refractivity contribution in [3.63, 3.8) is 0 Å². The van der Waals surface area contributed by atoms with Crippen LogP contribution in [0.25, 0.3) is 0 Å². The Kier molecular flexibility index (Phi) is 4.86. The Bertz CT molecular complexity index is 553. The molecule has 6 heteroatoms. The van der Waals surface area contributed by atoms with E-state index in [-0.39, 0.29) is 0 Å². The Labute approximate surface area is 117 Å². The van der Waals surface area contributed by atoms with Crippen LogP contribution >= 0.6 is 0 Å². The van der Waals surface area contributed by atoms with Gasteiger partial charge in [0.2, 0.25) is 5.91 Å². The molecule has 2 rings (SSSR count). The number of ether oxygens (including phenoxy) is 1. The lowest BCUT2D eigenvalue weighted by molar-refractivity contribution is -0.119. The fourth-order valence-corrected chi connectivity index (χ4v) is 1.80. The van der Waals surface area contributed by atoms with Crippen molar-refractivity contribution in [2.24, 2.45) is 11.5 Å². The van der Waals surface area contributed by atoms with Gasteiger partial charge in [-0.3, -0.25) is 4.79 Å². The van der Waals surface area contributed by atoms with E-state index < -0.39 is 11.9 Å². The molecule has 1 aromatic heterocycles. The Morgan fingerprint density at radius 1 is 1.35 bits per heavy atom. The van der Waals surface area contributed by atoms with Crippen LogP contribution in [0.1, 0.15) is 11.3 Å². The molecule has 1 aromatic carbocycles. The molecule has 2 aromatic rings. The number of carbonyl (C=O) groups excluding carboxylic acids is 1. The van der Waals surface area contributed by atoms with Gasteiger partial charge in [0.15, 0.2) is 0 Å². The molecule has 106 valence electrons. The van der Waals surface area contributed by atoms with Gasteiger partial charge in [0.25, 0.3) is 0 Å². The summed E-state index contributed by atoms with van der Waals surface area (Å²) in [6.07, 6.45) is 3.66. The van der Waals surface area contributed by atoms with Crippen molar-refractivity contribution >= 4 is 5.91 Å². The molecule has 0 aliphatic rings. The predicted octanol–water partition coefficient (Wildman–Crippen LogP) is 0.413. The summed E-state index contributed by atoms with van der Waals surface area (Å²) in [5, 5.41) is 0. The van der Waals surface area contributed by atoms with Gasteiger partial charge in [0, 0.05) is 18.3 Å². The van der Waals surface area contributed by atoms with E-state index in [2.05, 4.69) is 4.98 Å². The van der Waals surface area contributed by atoms with Crippen LogP contribution in [0.15, 0.2) is 42.9 Å². The molecule has 0 aliphatic heterocycles. The molecule has 4 N–H and O–H groups in total. The molecule has 1 heterocycles. The molecule has 0 bridgehead atoms. The maximum absolute atomic E-state index is 11.0. The Hall–Kier alpha value is -2.18. The van der Waals surface area contributed by atoms with Gasteiger partial charge >= 0.3 is 0 Å². The smallest absolute Gasteiger partial charge is 0.234 e. The molecule has 20 heavy (non-hydrogen) atoms. The summed E-state index contributed by atoms with van der Waals surface area (Å²) in [6, 6.07) is 9.18. The third-order valence-electron chi connectivity index (χ3n) is 2.93. The number of benzene rings is 1. The molecule has 0 unspecified atom stereocenters. The van der Waals surface area contributed by atoms with E-state index in [1.165, 1.54) is 0 Å². The molecule has 0 aliphatic carbocycles. The van der Waals surface area contributed by atoms with Gasteiger partial charge in [-0.1, -0.05) is 30.3 Å². The standard InChI is InChI=1S/C14H18N4O2/c15-13(14(16)19)6-12-7-17-9-18(12)10-20-8-11-4-2-1-3-5-11/h1-5,7,9,13H,6,8,10,15H2,(H2,16,19)/t13-/m0/s1. The lowest BCUT2D eigenvalue weighted by Crippen LogP contribution is -2.38. The van der Waals surface area contributed by atoms with Crippen molar-refractivity contribution < 1.29 is 9.53 Å². The summed E-state index contributed by atoms with van der Waals surface area (Å²) in [6.45, 7) is 0.871. The highest BCUT2D eigenvalue weighted by molar-refractivity contribution is 5.79. The molecule has 0 fully saturated rings. The van der Waals surface area contributed by atoms with Crippen molar-refractivity contribution in [2.75, 3.05) is 0 Å². The van der Waals surface area contributed by atoms with Crippen molar-refractivity contribution in [1.29, 1.82) is 0 Å². The van der Waals surface area contributed by atoms with Crippen LogP contribution < -0.4 is 11.5 Å². The molecule has 0 saturated heterocycles. The van der Waals surface area contributed by atoms with E-state index in [1.54, 1.807) is 12.5 Å². The van der Waals surface area contributed by atoms with Crippen LogP contribution in [0.4, 0.5) is 0 Å². The number of amides is 1. The molecular formula is C14H18N4O2. The van der Waals surface area contributed by atoms with Crippen molar-refractivity contribution in [1.82, 2.24) is 9.55 Å². The summed E-state index contributed by atoms with van der Waals surface area (Å²) < 4.78 is 7.42. The number of rotatable bonds is 7. The average Bonchev–Trinajstić information content (AvgIpc) is 2.87. The largest absolute Gasteiger partial charge is 0.368 e. The third kappa shape index (κ3) is 3.91. The Morgan fingerprint density at radius 3 is 2.80 bits per heavy atom. The summed E-state index contributed by atoms with van der Waals surface area (Å²) >= 11 is 0. The van der Waals surface area contributed by atoms with Crippen LogP contribution in [0.2, 0.25) is 0 Å². The highest BCUT2D eigenvalue weighted by Gasteiger charge is 2.13. The SMILES string of the molecule is NC(=O)[C@@H](N)Cc1cncn1COCc1ccccc1. The topological polar surface area (TPSA) is 96.2 Å². The second-order valence-electron chi connectivity index (χ2n) is 4.53. The van der Waals surface area contributed by atoms with E-state index in [9.17, 15) is 4.79 Å². The fraction of sp³-hybridized carbons (Fsp3) is 0.286. The number of hydrogen-bond donors (Lipinski definition) is 2. The molecule has 1 atom stereocenters. The Balaban J connectivity index is 1.87. The van der Waals surface area contributed by atoms with Gasteiger partial charge in [0.05, 0.1) is 19.0 Å².